The largest absolute Gasteiger partial charge is 0.414 e. The minimum Gasteiger partial charge on any atom is -0.414 e. The zero-order valence-electron chi connectivity index (χ0n) is 19.4. The average Bonchev–Trinajstić information content (AvgIpc) is 3.10. The smallest absolute Gasteiger partial charge is 0.221 e. The number of aromatic nitrogens is 3. The number of benzene rings is 1. The van der Waals surface area contributed by atoms with E-state index >= 15 is 0 Å². The van der Waals surface area contributed by atoms with Crippen LogP contribution in [-0.2, 0) is 9.96 Å². The highest BCUT2D eigenvalue weighted by molar-refractivity contribution is 6.53. The molecule has 0 saturated heterocycles. The van der Waals surface area contributed by atoms with Crippen molar-refractivity contribution in [3.63, 3.8) is 0 Å². The van der Waals surface area contributed by atoms with Crippen molar-refractivity contribution in [2.24, 2.45) is 0 Å². The van der Waals surface area contributed by atoms with Gasteiger partial charge in [-0.3, -0.25) is 4.79 Å². The minimum atomic E-state index is -1.05. The first-order chi connectivity index (χ1) is 14.8. The van der Waals surface area contributed by atoms with Crippen LogP contribution in [0.15, 0.2) is 30.6 Å². The highest BCUT2D eigenvalue weighted by Crippen LogP contribution is 2.32. The quantitative estimate of drug-likeness (QED) is 0.331. The molecule has 0 amide bonds. The second-order valence-electron chi connectivity index (χ2n) is 9.53. The van der Waals surface area contributed by atoms with E-state index in [0.29, 0.717) is 34.3 Å². The van der Waals surface area contributed by atoms with E-state index < -0.39 is 14.6 Å². The molecular formula is C23H29N6O2Si. The van der Waals surface area contributed by atoms with Gasteiger partial charge in [-0.05, 0) is 43.6 Å². The van der Waals surface area contributed by atoms with Crippen molar-refractivity contribution in [1.82, 2.24) is 14.5 Å². The zero-order chi connectivity index (χ0) is 23.8. The summed E-state index contributed by atoms with van der Waals surface area (Å²) in [4.78, 5) is 21.9. The number of hydrogen-bond donors (Lipinski definition) is 2. The molecular weight excluding hydrogens is 420 g/mol. The van der Waals surface area contributed by atoms with Gasteiger partial charge in [-0.15, -0.1) is 0 Å². The zero-order valence-corrected chi connectivity index (χ0v) is 20.4. The molecule has 32 heavy (non-hydrogen) atoms. The van der Waals surface area contributed by atoms with E-state index in [9.17, 15) is 4.79 Å². The summed E-state index contributed by atoms with van der Waals surface area (Å²) >= 11 is 0. The molecule has 0 unspecified atom stereocenters. The molecule has 2 aromatic heterocycles. The van der Waals surface area contributed by atoms with Crippen molar-refractivity contribution < 1.29 is 9.22 Å². The maximum atomic E-state index is 13.4. The lowest BCUT2D eigenvalue weighted by Crippen LogP contribution is -2.37. The third-order valence-electron chi connectivity index (χ3n) is 5.59. The van der Waals surface area contributed by atoms with Crippen molar-refractivity contribution >= 4 is 37.5 Å². The topological polar surface area (TPSA) is 133 Å². The Morgan fingerprint density at radius 2 is 1.94 bits per heavy atom. The second-order valence-corrected chi connectivity index (χ2v) is 12.4. The normalized spacial score (nSPS) is 12.3. The predicted octanol–water partition coefficient (Wildman–Crippen LogP) is 3.87. The fourth-order valence-electron chi connectivity index (χ4n) is 3.19. The summed E-state index contributed by atoms with van der Waals surface area (Å²) in [6.45, 7) is 13.2. The van der Waals surface area contributed by atoms with Gasteiger partial charge >= 0.3 is 0 Å². The van der Waals surface area contributed by atoms with Crippen molar-refractivity contribution in [3.8, 4) is 6.07 Å². The summed E-state index contributed by atoms with van der Waals surface area (Å²) in [7, 11) is -1.05. The van der Waals surface area contributed by atoms with Crippen molar-refractivity contribution in [3.05, 3.63) is 47.3 Å². The third kappa shape index (κ3) is 4.51. The first kappa shape index (κ1) is 23.4. The van der Waals surface area contributed by atoms with Crippen molar-refractivity contribution in [2.75, 3.05) is 18.1 Å². The van der Waals surface area contributed by atoms with Crippen LogP contribution in [-0.4, -0.2) is 36.0 Å². The first-order valence-corrected chi connectivity index (χ1v) is 12.2. The fourth-order valence-corrected chi connectivity index (χ4v) is 4.20. The summed E-state index contributed by atoms with van der Waals surface area (Å²) in [5.41, 5.74) is 13.3. The average molecular weight is 450 g/mol. The van der Waals surface area contributed by atoms with Crippen LogP contribution in [0.2, 0.25) is 11.6 Å². The lowest BCUT2D eigenvalue weighted by molar-refractivity contribution is 0.103. The fraction of sp³-hybridized carbons (Fsp3) is 0.391. The Balaban J connectivity index is 2.06. The van der Waals surface area contributed by atoms with E-state index in [1.165, 1.54) is 6.07 Å². The molecule has 3 aromatic rings. The van der Waals surface area contributed by atoms with Crippen LogP contribution in [0, 0.1) is 11.3 Å². The van der Waals surface area contributed by atoms with Crippen LogP contribution in [0.5, 0.6) is 0 Å². The summed E-state index contributed by atoms with van der Waals surface area (Å²) in [6, 6.07) is 6.67. The number of fused-ring (bicyclic) bond motifs is 1. The van der Waals surface area contributed by atoms with Gasteiger partial charge in [0.15, 0.2) is 5.78 Å². The Kier molecular flexibility index (Phi) is 6.13. The molecule has 8 nitrogen and oxygen atoms in total. The summed E-state index contributed by atoms with van der Waals surface area (Å²) in [5.74, 6) is -0.102. The van der Waals surface area contributed by atoms with Crippen LogP contribution >= 0.6 is 0 Å². The lowest BCUT2D eigenvalue weighted by Gasteiger charge is -2.32. The first-order valence-electron chi connectivity index (χ1n) is 10.3. The van der Waals surface area contributed by atoms with E-state index in [-0.39, 0.29) is 22.5 Å². The molecule has 167 valence electrons. The SMILES string of the molecule is C[Si](OCC(C)(C)n1cc(C(=O)c2ccc(C#N)c(N)c2)c2cnc(N)nc21)C(C)(C)C. The van der Waals surface area contributed by atoms with Gasteiger partial charge < -0.3 is 20.5 Å². The van der Waals surface area contributed by atoms with Crippen LogP contribution in [0.3, 0.4) is 0 Å². The molecule has 1 radical (unpaired) electrons. The Morgan fingerprint density at radius 1 is 1.25 bits per heavy atom. The Morgan fingerprint density at radius 3 is 2.53 bits per heavy atom. The number of ketones is 1. The molecule has 0 aliphatic carbocycles. The molecule has 0 saturated carbocycles. The molecule has 9 heteroatoms. The molecule has 0 aliphatic heterocycles. The van der Waals surface area contributed by atoms with Gasteiger partial charge in [0.05, 0.1) is 29.0 Å². The Bertz CT molecular complexity index is 1220. The summed E-state index contributed by atoms with van der Waals surface area (Å²) in [6.07, 6.45) is 3.34. The molecule has 4 N–H and O–H groups in total. The number of nitrogen functional groups attached to an aromatic ring is 2. The van der Waals surface area contributed by atoms with E-state index in [1.54, 1.807) is 24.5 Å². The maximum Gasteiger partial charge on any atom is 0.221 e. The van der Waals surface area contributed by atoms with Crippen LogP contribution in [0.25, 0.3) is 11.0 Å². The molecule has 0 atom stereocenters. The van der Waals surface area contributed by atoms with Gasteiger partial charge in [-0.1, -0.05) is 20.8 Å². The van der Waals surface area contributed by atoms with Crippen molar-refractivity contribution in [1.29, 1.82) is 5.26 Å². The number of hydrogen-bond acceptors (Lipinski definition) is 7. The molecule has 0 aliphatic rings. The number of carbonyl (C=O) groups excluding carboxylic acids is 1. The Labute approximate surface area is 189 Å². The highest BCUT2D eigenvalue weighted by Gasteiger charge is 2.31. The van der Waals surface area contributed by atoms with Gasteiger partial charge in [-0.25, -0.2) is 4.98 Å². The number of rotatable bonds is 6. The number of nitrogens with two attached hydrogens (primary N) is 2. The predicted molar refractivity (Wildman–Crippen MR) is 128 cm³/mol. The van der Waals surface area contributed by atoms with E-state index in [0.717, 1.165) is 0 Å². The maximum absolute atomic E-state index is 13.4. The monoisotopic (exact) mass is 449 g/mol. The number of anilines is 2. The van der Waals surface area contributed by atoms with Gasteiger partial charge in [-0.2, -0.15) is 10.2 Å². The molecule has 1 aromatic carbocycles. The molecule has 2 heterocycles. The highest BCUT2D eigenvalue weighted by atomic mass is 28.3. The van der Waals surface area contributed by atoms with Gasteiger partial charge in [0, 0.05) is 23.3 Å². The molecule has 0 fully saturated rings. The number of carbonyl (C=O) groups is 1. The minimum absolute atomic E-state index is 0.0999. The molecule has 0 spiro atoms. The second kappa shape index (κ2) is 8.37. The van der Waals surface area contributed by atoms with Crippen LogP contribution in [0.4, 0.5) is 11.6 Å². The number of nitriles is 1. The van der Waals surface area contributed by atoms with Crippen molar-refractivity contribution in [2.45, 2.75) is 51.7 Å². The lowest BCUT2D eigenvalue weighted by atomic mass is 10.0. The van der Waals surface area contributed by atoms with Gasteiger partial charge in [0.1, 0.15) is 11.7 Å². The third-order valence-corrected chi connectivity index (χ3v) is 8.28. The molecule has 3 rings (SSSR count). The van der Waals surface area contributed by atoms with Crippen LogP contribution < -0.4 is 11.5 Å². The van der Waals surface area contributed by atoms with E-state index in [1.807, 2.05) is 24.5 Å². The Hall–Kier alpha value is -3.22. The van der Waals surface area contributed by atoms with Gasteiger partial charge in [0.25, 0.3) is 0 Å². The summed E-state index contributed by atoms with van der Waals surface area (Å²) in [5, 5.41) is 9.80. The standard InChI is InChI=1S/C23H29N6O2Si/c1-22(2,3)32(6)31-13-23(4,5)29-12-17(16-11-27-21(26)28-20(16)29)19(30)14-7-8-15(10-24)18(25)9-14/h7-9,11-12H,13,25H2,1-6H3,(H2,26,27,28). The molecule has 0 bridgehead atoms. The van der Waals surface area contributed by atoms with E-state index in [4.69, 9.17) is 21.2 Å². The number of nitrogens with zero attached hydrogens (tertiary/aromatic N) is 4. The van der Waals surface area contributed by atoms with Gasteiger partial charge in [0.2, 0.25) is 15.0 Å². The van der Waals surface area contributed by atoms with Crippen LogP contribution in [0.1, 0.15) is 56.1 Å². The van der Waals surface area contributed by atoms with E-state index in [2.05, 4.69) is 37.3 Å². The summed E-state index contributed by atoms with van der Waals surface area (Å²) < 4.78 is 8.20.